The molecule has 0 aliphatic carbocycles. The zero-order chi connectivity index (χ0) is 19.5. The fourth-order valence-corrected chi connectivity index (χ4v) is 2.63. The summed E-state index contributed by atoms with van der Waals surface area (Å²) >= 11 is 0. The molecule has 0 unspecified atom stereocenters. The predicted octanol–water partition coefficient (Wildman–Crippen LogP) is 1.72. The quantitative estimate of drug-likeness (QED) is 0.526. The van der Waals surface area contributed by atoms with E-state index in [1.807, 2.05) is 6.92 Å². The molecular weight excluding hydrogens is 362 g/mol. The maximum atomic E-state index is 12.6. The Bertz CT molecular complexity index is 1090. The third-order valence-corrected chi connectivity index (χ3v) is 4.02. The molecular formula is C18H17N7O3. The highest BCUT2D eigenvalue weighted by atomic mass is 16.3. The Morgan fingerprint density at radius 1 is 1.21 bits per heavy atom. The van der Waals surface area contributed by atoms with Gasteiger partial charge >= 0.3 is 0 Å². The topological polar surface area (TPSA) is 119 Å². The Morgan fingerprint density at radius 3 is 2.86 bits per heavy atom. The largest absolute Gasteiger partial charge is 0.467 e. The number of anilines is 1. The highest BCUT2D eigenvalue weighted by molar-refractivity contribution is 6.07. The van der Waals surface area contributed by atoms with Gasteiger partial charge in [-0.3, -0.25) is 14.3 Å². The highest BCUT2D eigenvalue weighted by Crippen LogP contribution is 2.16. The zero-order valence-electron chi connectivity index (χ0n) is 15.0. The second kappa shape index (κ2) is 7.35. The molecule has 0 bridgehead atoms. The van der Waals surface area contributed by atoms with Crippen molar-refractivity contribution < 1.29 is 14.0 Å². The first-order valence-electron chi connectivity index (χ1n) is 8.64. The van der Waals surface area contributed by atoms with E-state index >= 15 is 0 Å². The monoisotopic (exact) mass is 379 g/mol. The van der Waals surface area contributed by atoms with E-state index in [2.05, 4.69) is 25.8 Å². The number of nitrogens with one attached hydrogen (secondary N) is 2. The zero-order valence-corrected chi connectivity index (χ0v) is 15.0. The molecule has 0 aliphatic heterocycles. The van der Waals surface area contributed by atoms with Crippen LogP contribution < -0.4 is 10.6 Å². The van der Waals surface area contributed by atoms with E-state index in [0.717, 1.165) is 0 Å². The van der Waals surface area contributed by atoms with Gasteiger partial charge in [0, 0.05) is 31.2 Å². The summed E-state index contributed by atoms with van der Waals surface area (Å²) in [5, 5.41) is 13.9. The van der Waals surface area contributed by atoms with Crippen molar-refractivity contribution in [2.75, 3.05) is 5.32 Å². The average Bonchev–Trinajstić information content (AvgIpc) is 3.44. The van der Waals surface area contributed by atoms with Gasteiger partial charge in [-0.2, -0.15) is 10.2 Å². The summed E-state index contributed by atoms with van der Waals surface area (Å²) in [6, 6.07) is 6.78. The number of aryl methyl sites for hydroxylation is 1. The van der Waals surface area contributed by atoms with E-state index in [1.54, 1.807) is 47.5 Å². The smallest absolute Gasteiger partial charge is 0.276 e. The van der Waals surface area contributed by atoms with Gasteiger partial charge in [0.25, 0.3) is 11.8 Å². The lowest BCUT2D eigenvalue weighted by molar-refractivity contribution is 0.0943. The van der Waals surface area contributed by atoms with Crippen LogP contribution in [0.3, 0.4) is 0 Å². The minimum Gasteiger partial charge on any atom is -0.467 e. The third-order valence-electron chi connectivity index (χ3n) is 4.02. The number of fused-ring (bicyclic) bond motifs is 1. The van der Waals surface area contributed by atoms with Crippen LogP contribution in [0.2, 0.25) is 0 Å². The molecule has 0 saturated carbocycles. The Hall–Kier alpha value is -3.95. The van der Waals surface area contributed by atoms with Crippen molar-refractivity contribution in [2.24, 2.45) is 0 Å². The molecule has 0 atom stereocenters. The van der Waals surface area contributed by atoms with Crippen molar-refractivity contribution in [3.63, 3.8) is 0 Å². The van der Waals surface area contributed by atoms with Crippen LogP contribution in [0.5, 0.6) is 0 Å². The molecule has 2 amide bonds. The maximum Gasteiger partial charge on any atom is 0.276 e. The van der Waals surface area contributed by atoms with Crippen molar-refractivity contribution in [1.82, 2.24) is 29.7 Å². The summed E-state index contributed by atoms with van der Waals surface area (Å²) in [5.41, 5.74) is 1.15. The van der Waals surface area contributed by atoms with Gasteiger partial charge in [0.1, 0.15) is 5.76 Å². The molecule has 0 saturated heterocycles. The Morgan fingerprint density at radius 2 is 2.11 bits per heavy atom. The number of rotatable bonds is 6. The molecule has 4 aromatic heterocycles. The Labute approximate surface area is 159 Å². The van der Waals surface area contributed by atoms with Gasteiger partial charge in [-0.25, -0.2) is 9.50 Å². The first-order chi connectivity index (χ1) is 13.6. The molecule has 10 heteroatoms. The van der Waals surface area contributed by atoms with Crippen LogP contribution in [0, 0.1) is 0 Å². The van der Waals surface area contributed by atoms with Crippen LogP contribution in [0.15, 0.2) is 53.5 Å². The van der Waals surface area contributed by atoms with Crippen molar-refractivity contribution >= 4 is 23.1 Å². The summed E-state index contributed by atoms with van der Waals surface area (Å²) in [6.45, 7) is 2.65. The van der Waals surface area contributed by atoms with Crippen LogP contribution >= 0.6 is 0 Å². The van der Waals surface area contributed by atoms with Crippen LogP contribution in [-0.2, 0) is 13.1 Å². The number of hydrogen-bond donors (Lipinski definition) is 2. The number of aromatic nitrogens is 5. The number of nitrogens with zero attached hydrogens (tertiary/aromatic N) is 5. The Balaban J connectivity index is 1.53. The molecule has 10 nitrogen and oxygen atoms in total. The lowest BCUT2D eigenvalue weighted by Crippen LogP contribution is -2.25. The van der Waals surface area contributed by atoms with Crippen molar-refractivity contribution in [1.29, 1.82) is 0 Å². The summed E-state index contributed by atoms with van der Waals surface area (Å²) < 4.78 is 8.27. The van der Waals surface area contributed by atoms with E-state index in [-0.39, 0.29) is 17.9 Å². The van der Waals surface area contributed by atoms with Crippen molar-refractivity contribution in [2.45, 2.75) is 20.0 Å². The first kappa shape index (κ1) is 17.5. The number of carbonyl (C=O) groups excluding carboxylic acids is 2. The number of amides is 2. The van der Waals surface area contributed by atoms with E-state index < -0.39 is 11.8 Å². The normalized spacial score (nSPS) is 10.9. The molecule has 0 spiro atoms. The average molecular weight is 379 g/mol. The van der Waals surface area contributed by atoms with Gasteiger partial charge in [0.15, 0.2) is 17.0 Å². The molecule has 4 heterocycles. The highest BCUT2D eigenvalue weighted by Gasteiger charge is 2.20. The lowest BCUT2D eigenvalue weighted by atomic mass is 10.3. The molecule has 0 aromatic carbocycles. The molecule has 2 N–H and O–H groups in total. The molecule has 0 aliphatic rings. The summed E-state index contributed by atoms with van der Waals surface area (Å²) in [6.07, 6.45) is 6.45. The van der Waals surface area contributed by atoms with Crippen LogP contribution in [0.1, 0.15) is 33.7 Å². The van der Waals surface area contributed by atoms with Crippen LogP contribution in [0.4, 0.5) is 5.69 Å². The molecule has 142 valence electrons. The second-order valence-electron chi connectivity index (χ2n) is 5.92. The molecule has 4 aromatic rings. The standard InChI is InChI=1S/C18H17N7O3/c1-2-24-11-14(16(23-24)18(27)20-10-12-5-3-8-28-12)21-17(26)13-9-15-19-6-4-7-25(15)22-13/h3-9,11H,2,10H2,1H3,(H,20,27)(H,21,26). The minimum absolute atomic E-state index is 0.114. The molecule has 4 rings (SSSR count). The number of furan rings is 1. The minimum atomic E-state index is -0.457. The molecule has 28 heavy (non-hydrogen) atoms. The summed E-state index contributed by atoms with van der Waals surface area (Å²) in [7, 11) is 0. The number of hydrogen-bond acceptors (Lipinski definition) is 6. The van der Waals surface area contributed by atoms with Crippen LogP contribution in [-0.4, -0.2) is 36.2 Å². The van der Waals surface area contributed by atoms with Gasteiger partial charge in [0.2, 0.25) is 0 Å². The van der Waals surface area contributed by atoms with E-state index in [1.165, 1.54) is 10.8 Å². The summed E-state index contributed by atoms with van der Waals surface area (Å²) in [5.74, 6) is -0.261. The predicted molar refractivity (Wildman–Crippen MR) is 98.7 cm³/mol. The van der Waals surface area contributed by atoms with Crippen LogP contribution in [0.25, 0.3) is 5.65 Å². The second-order valence-corrected chi connectivity index (χ2v) is 5.92. The Kier molecular flexibility index (Phi) is 4.58. The van der Waals surface area contributed by atoms with Gasteiger partial charge in [0.05, 0.1) is 18.5 Å². The van der Waals surface area contributed by atoms with Gasteiger partial charge < -0.3 is 15.1 Å². The van der Waals surface area contributed by atoms with E-state index in [9.17, 15) is 9.59 Å². The van der Waals surface area contributed by atoms with Gasteiger partial charge in [-0.05, 0) is 25.1 Å². The molecule has 0 radical (unpaired) electrons. The maximum absolute atomic E-state index is 12.6. The van der Waals surface area contributed by atoms with E-state index in [0.29, 0.717) is 23.6 Å². The van der Waals surface area contributed by atoms with Crippen molar-refractivity contribution in [3.05, 3.63) is 66.3 Å². The fourth-order valence-electron chi connectivity index (χ4n) is 2.63. The van der Waals surface area contributed by atoms with Gasteiger partial charge in [-0.1, -0.05) is 0 Å². The third kappa shape index (κ3) is 3.47. The summed E-state index contributed by atoms with van der Waals surface area (Å²) in [4.78, 5) is 29.3. The molecule has 0 fully saturated rings. The fraction of sp³-hybridized carbons (Fsp3) is 0.167. The lowest BCUT2D eigenvalue weighted by Gasteiger charge is -2.04. The van der Waals surface area contributed by atoms with Crippen molar-refractivity contribution in [3.8, 4) is 0 Å². The first-order valence-corrected chi connectivity index (χ1v) is 8.64. The van der Waals surface area contributed by atoms with E-state index in [4.69, 9.17) is 4.42 Å². The SMILES string of the molecule is CCn1cc(NC(=O)c2cc3ncccn3n2)c(C(=O)NCc2ccco2)n1. The number of carbonyl (C=O) groups is 2. The van der Waals surface area contributed by atoms with Gasteiger partial charge in [-0.15, -0.1) is 0 Å².